The number of hydrogen-bond acceptors (Lipinski definition) is 3. The fourth-order valence-corrected chi connectivity index (χ4v) is 1.88. The number of aromatic nitrogens is 2. The molecule has 0 aliphatic heterocycles. The molecular formula is C10H15BrN2O3. The van der Waals surface area contributed by atoms with Crippen LogP contribution in [-0.2, 0) is 11.5 Å². The second-order valence-electron chi connectivity index (χ2n) is 3.44. The van der Waals surface area contributed by atoms with Crippen LogP contribution in [0.5, 0.6) is 0 Å². The number of imidazole rings is 1. The minimum absolute atomic E-state index is 0.170. The summed E-state index contributed by atoms with van der Waals surface area (Å²) < 4.78 is 7.37. The van der Waals surface area contributed by atoms with Gasteiger partial charge in [0.1, 0.15) is 6.73 Å². The second-order valence-corrected chi connectivity index (χ2v) is 4.15. The number of hydrogen-bond donors (Lipinski definition) is 1. The average Bonchev–Trinajstić information content (AvgIpc) is 2.48. The third kappa shape index (κ3) is 3.05. The molecule has 16 heavy (non-hydrogen) atoms. The zero-order valence-electron chi connectivity index (χ0n) is 9.36. The van der Waals surface area contributed by atoms with Gasteiger partial charge in [0.05, 0.1) is 5.69 Å². The van der Waals surface area contributed by atoms with Crippen molar-refractivity contribution in [1.82, 2.24) is 9.55 Å². The second kappa shape index (κ2) is 6.00. The molecule has 0 amide bonds. The summed E-state index contributed by atoms with van der Waals surface area (Å²) >= 11 is 3.21. The van der Waals surface area contributed by atoms with E-state index in [0.29, 0.717) is 17.0 Å². The minimum atomic E-state index is -0.991. The monoisotopic (exact) mass is 290 g/mol. The number of unbranched alkanes of at least 4 members (excludes halogenated alkanes) is 1. The zero-order chi connectivity index (χ0) is 12.1. The fraction of sp³-hybridized carbons (Fsp3) is 0.600. The molecular weight excluding hydrogens is 276 g/mol. The van der Waals surface area contributed by atoms with E-state index in [1.54, 1.807) is 6.92 Å². The molecule has 5 nitrogen and oxygen atoms in total. The summed E-state index contributed by atoms with van der Waals surface area (Å²) in [5.74, 6) is -0.991. The Bertz CT molecular complexity index is 376. The van der Waals surface area contributed by atoms with Crippen LogP contribution in [0.15, 0.2) is 4.73 Å². The van der Waals surface area contributed by atoms with E-state index < -0.39 is 5.97 Å². The lowest BCUT2D eigenvalue weighted by Crippen LogP contribution is -2.12. The van der Waals surface area contributed by atoms with Crippen LogP contribution >= 0.6 is 15.9 Å². The van der Waals surface area contributed by atoms with Gasteiger partial charge in [-0.2, -0.15) is 0 Å². The molecule has 0 fully saturated rings. The number of carboxylic acid groups (broad SMARTS) is 1. The van der Waals surface area contributed by atoms with Crippen LogP contribution in [0.25, 0.3) is 0 Å². The van der Waals surface area contributed by atoms with Gasteiger partial charge in [0.15, 0.2) is 10.4 Å². The van der Waals surface area contributed by atoms with Gasteiger partial charge in [-0.05, 0) is 29.3 Å². The first-order valence-electron chi connectivity index (χ1n) is 5.11. The first-order chi connectivity index (χ1) is 7.57. The summed E-state index contributed by atoms with van der Waals surface area (Å²) in [6.07, 6.45) is 2.02. The Morgan fingerprint density at radius 1 is 1.62 bits per heavy atom. The lowest BCUT2D eigenvalue weighted by Gasteiger charge is -2.07. The summed E-state index contributed by atoms with van der Waals surface area (Å²) in [4.78, 5) is 15.1. The van der Waals surface area contributed by atoms with Crippen LogP contribution in [0.1, 0.15) is 35.9 Å². The van der Waals surface area contributed by atoms with Crippen molar-refractivity contribution in [1.29, 1.82) is 0 Å². The van der Waals surface area contributed by atoms with Gasteiger partial charge >= 0.3 is 5.97 Å². The van der Waals surface area contributed by atoms with E-state index in [-0.39, 0.29) is 12.4 Å². The summed E-state index contributed by atoms with van der Waals surface area (Å²) in [5.41, 5.74) is 0.654. The molecule has 0 aliphatic carbocycles. The highest BCUT2D eigenvalue weighted by Gasteiger charge is 2.18. The highest BCUT2D eigenvalue weighted by atomic mass is 79.9. The molecule has 1 heterocycles. The molecule has 1 aromatic heterocycles. The molecule has 1 aromatic rings. The Labute approximate surface area is 103 Å². The first-order valence-corrected chi connectivity index (χ1v) is 5.90. The van der Waals surface area contributed by atoms with Crippen LogP contribution < -0.4 is 0 Å². The van der Waals surface area contributed by atoms with Crippen LogP contribution in [0.2, 0.25) is 0 Å². The van der Waals surface area contributed by atoms with Gasteiger partial charge in [0.2, 0.25) is 0 Å². The number of halogens is 1. The van der Waals surface area contributed by atoms with E-state index >= 15 is 0 Å². The van der Waals surface area contributed by atoms with Crippen molar-refractivity contribution in [2.45, 2.75) is 33.4 Å². The number of aromatic carboxylic acids is 1. The molecule has 1 rings (SSSR count). The Kier molecular flexibility index (Phi) is 4.95. The van der Waals surface area contributed by atoms with Crippen LogP contribution in [0, 0.1) is 6.92 Å². The maximum absolute atomic E-state index is 11.0. The number of carboxylic acids is 1. The number of rotatable bonds is 6. The molecule has 90 valence electrons. The molecule has 0 spiro atoms. The molecule has 0 radical (unpaired) electrons. The summed E-state index contributed by atoms with van der Waals surface area (Å²) in [7, 11) is 0. The van der Waals surface area contributed by atoms with Crippen molar-refractivity contribution < 1.29 is 14.6 Å². The Balaban J connectivity index is 2.74. The third-order valence-corrected chi connectivity index (χ3v) is 2.77. The molecule has 0 aromatic carbocycles. The number of aryl methyl sites for hydroxylation is 1. The Morgan fingerprint density at radius 3 is 2.88 bits per heavy atom. The summed E-state index contributed by atoms with van der Waals surface area (Å²) in [6, 6.07) is 0. The van der Waals surface area contributed by atoms with Crippen LogP contribution in [-0.4, -0.2) is 27.2 Å². The van der Waals surface area contributed by atoms with E-state index in [1.165, 1.54) is 4.57 Å². The number of ether oxygens (including phenoxy) is 1. The van der Waals surface area contributed by atoms with Crippen molar-refractivity contribution in [2.75, 3.05) is 6.61 Å². The predicted molar refractivity (Wildman–Crippen MR) is 62.5 cm³/mol. The van der Waals surface area contributed by atoms with Gasteiger partial charge in [-0.1, -0.05) is 13.3 Å². The van der Waals surface area contributed by atoms with Crippen molar-refractivity contribution in [3.05, 3.63) is 16.1 Å². The predicted octanol–water partition coefficient (Wildman–Crippen LogP) is 2.43. The quantitative estimate of drug-likeness (QED) is 0.817. The molecule has 0 saturated heterocycles. The fourth-order valence-electron chi connectivity index (χ4n) is 1.33. The maximum atomic E-state index is 11.0. The van der Waals surface area contributed by atoms with Crippen molar-refractivity contribution >= 4 is 21.9 Å². The van der Waals surface area contributed by atoms with E-state index in [0.717, 1.165) is 12.8 Å². The van der Waals surface area contributed by atoms with E-state index in [9.17, 15) is 4.79 Å². The largest absolute Gasteiger partial charge is 0.477 e. The lowest BCUT2D eigenvalue weighted by molar-refractivity contribution is 0.0581. The highest BCUT2D eigenvalue weighted by Crippen LogP contribution is 2.16. The highest BCUT2D eigenvalue weighted by molar-refractivity contribution is 9.10. The van der Waals surface area contributed by atoms with E-state index in [1.807, 2.05) is 0 Å². The molecule has 6 heteroatoms. The number of carbonyl (C=O) groups is 1. The lowest BCUT2D eigenvalue weighted by atomic mass is 10.3. The van der Waals surface area contributed by atoms with Gasteiger partial charge in [-0.15, -0.1) is 0 Å². The third-order valence-electron chi connectivity index (χ3n) is 2.16. The van der Waals surface area contributed by atoms with Crippen molar-refractivity contribution in [3.8, 4) is 0 Å². The topological polar surface area (TPSA) is 64.4 Å². The van der Waals surface area contributed by atoms with E-state index in [4.69, 9.17) is 9.84 Å². The van der Waals surface area contributed by atoms with Gasteiger partial charge < -0.3 is 9.84 Å². The average molecular weight is 291 g/mol. The molecule has 0 saturated carbocycles. The van der Waals surface area contributed by atoms with Crippen LogP contribution in [0.4, 0.5) is 0 Å². The zero-order valence-corrected chi connectivity index (χ0v) is 11.0. The standard InChI is InChI=1S/C10H15BrN2O3/c1-3-4-5-16-6-13-8(9(14)15)7(2)12-10(13)11/h3-6H2,1-2H3,(H,14,15). The molecule has 1 N–H and O–H groups in total. The normalized spacial score (nSPS) is 10.7. The van der Waals surface area contributed by atoms with Gasteiger partial charge in [0, 0.05) is 6.61 Å². The first kappa shape index (κ1) is 13.2. The summed E-state index contributed by atoms with van der Waals surface area (Å²) in [6.45, 7) is 4.57. The Hall–Kier alpha value is -0.880. The maximum Gasteiger partial charge on any atom is 0.354 e. The van der Waals surface area contributed by atoms with Crippen molar-refractivity contribution in [2.24, 2.45) is 0 Å². The van der Waals surface area contributed by atoms with Crippen molar-refractivity contribution in [3.63, 3.8) is 0 Å². The van der Waals surface area contributed by atoms with Crippen LogP contribution in [0.3, 0.4) is 0 Å². The smallest absolute Gasteiger partial charge is 0.354 e. The molecule has 0 aliphatic rings. The summed E-state index contributed by atoms with van der Waals surface area (Å²) in [5, 5.41) is 9.03. The van der Waals surface area contributed by atoms with Gasteiger partial charge in [-0.25, -0.2) is 9.78 Å². The SMILES string of the molecule is CCCCOCn1c(Br)nc(C)c1C(=O)O. The van der Waals surface area contributed by atoms with Gasteiger partial charge in [-0.3, -0.25) is 4.57 Å². The van der Waals surface area contributed by atoms with Gasteiger partial charge in [0.25, 0.3) is 0 Å². The van der Waals surface area contributed by atoms with E-state index in [2.05, 4.69) is 27.8 Å². The molecule has 0 unspecified atom stereocenters. The minimum Gasteiger partial charge on any atom is -0.477 e. The number of nitrogens with zero attached hydrogens (tertiary/aromatic N) is 2. The molecule has 0 bridgehead atoms. The molecule has 0 atom stereocenters. The Morgan fingerprint density at radius 2 is 2.31 bits per heavy atom.